The van der Waals surface area contributed by atoms with Gasteiger partial charge in [0, 0.05) is 0 Å². The molecule has 0 rings (SSSR count). The molecule has 0 bridgehead atoms. The molecule has 1 atom stereocenters. The van der Waals surface area contributed by atoms with E-state index >= 15 is 0 Å². The quantitative estimate of drug-likeness (QED) is 0.548. The fraction of sp³-hybridized carbons (Fsp3) is 1.00. The van der Waals surface area contributed by atoms with Gasteiger partial charge in [0.25, 0.3) is 0 Å². The first kappa shape index (κ1) is 8.92. The van der Waals surface area contributed by atoms with Crippen LogP contribution in [0.25, 0.3) is 0 Å². The Balaban J connectivity index is 2.95. The zero-order valence-electron chi connectivity index (χ0n) is 6.35. The van der Waals surface area contributed by atoms with Gasteiger partial charge in [-0.15, -0.1) is 0 Å². The summed E-state index contributed by atoms with van der Waals surface area (Å²) in [5, 5.41) is 12.1. The minimum absolute atomic E-state index is 0.282. The number of hydrogen-bond acceptors (Lipinski definition) is 2. The van der Waals surface area contributed by atoms with Crippen LogP contribution in [0.1, 0.15) is 33.1 Å². The topological polar surface area (TPSA) is 32.3 Å². The molecule has 0 aromatic heterocycles. The molecule has 0 aliphatic rings. The molecule has 0 saturated carbocycles. The maximum absolute atomic E-state index is 9.07. The first-order valence-corrected chi connectivity index (χ1v) is 3.72. The van der Waals surface area contributed by atoms with Crippen molar-refractivity contribution in [2.75, 3.05) is 6.54 Å². The van der Waals surface area contributed by atoms with Crippen molar-refractivity contribution in [3.05, 3.63) is 0 Å². The van der Waals surface area contributed by atoms with Gasteiger partial charge in [-0.1, -0.05) is 20.3 Å². The molecule has 0 spiro atoms. The fourth-order valence-corrected chi connectivity index (χ4v) is 0.686. The van der Waals surface area contributed by atoms with E-state index in [1.54, 1.807) is 0 Å². The van der Waals surface area contributed by atoms with Crippen LogP contribution in [0.3, 0.4) is 0 Å². The van der Waals surface area contributed by atoms with E-state index in [-0.39, 0.29) is 6.23 Å². The van der Waals surface area contributed by atoms with Gasteiger partial charge in [-0.05, 0) is 19.4 Å². The molecule has 9 heavy (non-hydrogen) atoms. The smallest absolute Gasteiger partial charge is 0.104 e. The van der Waals surface area contributed by atoms with Crippen molar-refractivity contribution in [2.45, 2.75) is 39.3 Å². The Morgan fingerprint density at radius 1 is 1.33 bits per heavy atom. The van der Waals surface area contributed by atoms with Crippen LogP contribution in [0.2, 0.25) is 0 Å². The van der Waals surface area contributed by atoms with Gasteiger partial charge in [0.2, 0.25) is 0 Å². The molecule has 1 unspecified atom stereocenters. The van der Waals surface area contributed by atoms with E-state index in [0.29, 0.717) is 0 Å². The molecule has 56 valence electrons. The number of aliphatic hydroxyl groups is 1. The average Bonchev–Trinajstić information content (AvgIpc) is 1.85. The third-order valence-electron chi connectivity index (χ3n) is 1.19. The number of rotatable bonds is 5. The molecule has 0 aliphatic carbocycles. The third-order valence-corrected chi connectivity index (χ3v) is 1.19. The third kappa shape index (κ3) is 5.80. The molecule has 0 saturated heterocycles. The SMILES string of the molecule is CCCNC(O)CCC. The first-order chi connectivity index (χ1) is 4.31. The summed E-state index contributed by atoms with van der Waals surface area (Å²) >= 11 is 0. The largest absolute Gasteiger partial charge is 0.379 e. The highest BCUT2D eigenvalue weighted by Gasteiger charge is 1.97. The fourth-order valence-electron chi connectivity index (χ4n) is 0.686. The van der Waals surface area contributed by atoms with Gasteiger partial charge in [0.15, 0.2) is 0 Å². The second kappa shape index (κ2) is 6.05. The van der Waals surface area contributed by atoms with Gasteiger partial charge >= 0.3 is 0 Å². The van der Waals surface area contributed by atoms with Gasteiger partial charge < -0.3 is 5.11 Å². The Hall–Kier alpha value is -0.0800. The second-order valence-electron chi connectivity index (χ2n) is 2.26. The summed E-state index contributed by atoms with van der Waals surface area (Å²) in [6.07, 6.45) is 2.70. The zero-order valence-corrected chi connectivity index (χ0v) is 6.35. The molecule has 2 heteroatoms. The average molecular weight is 131 g/mol. The molecule has 0 aromatic rings. The van der Waals surface area contributed by atoms with E-state index in [4.69, 9.17) is 5.11 Å². The molecule has 0 fully saturated rings. The molecule has 0 amide bonds. The highest BCUT2D eigenvalue weighted by Crippen LogP contribution is 1.90. The van der Waals surface area contributed by atoms with Crippen molar-refractivity contribution in [2.24, 2.45) is 0 Å². The summed E-state index contributed by atoms with van der Waals surface area (Å²) in [4.78, 5) is 0. The van der Waals surface area contributed by atoms with Crippen LogP contribution in [0.5, 0.6) is 0 Å². The summed E-state index contributed by atoms with van der Waals surface area (Å²) in [7, 11) is 0. The number of nitrogens with one attached hydrogen (secondary N) is 1. The Bertz CT molecular complexity index is 56.9. The van der Waals surface area contributed by atoms with E-state index in [1.807, 2.05) is 0 Å². The van der Waals surface area contributed by atoms with E-state index in [9.17, 15) is 0 Å². The predicted octanol–water partition coefficient (Wildman–Crippen LogP) is 1.10. The van der Waals surface area contributed by atoms with Gasteiger partial charge in [-0.2, -0.15) is 0 Å². The van der Waals surface area contributed by atoms with Crippen molar-refractivity contribution in [3.63, 3.8) is 0 Å². The van der Waals surface area contributed by atoms with Crippen LogP contribution in [0, 0.1) is 0 Å². The monoisotopic (exact) mass is 131 g/mol. The molecule has 0 aromatic carbocycles. The lowest BCUT2D eigenvalue weighted by Crippen LogP contribution is -2.28. The lowest BCUT2D eigenvalue weighted by molar-refractivity contribution is 0.127. The summed E-state index contributed by atoms with van der Waals surface area (Å²) in [6, 6.07) is 0. The molecule has 0 radical (unpaired) electrons. The number of aliphatic hydroxyl groups excluding tert-OH is 1. The van der Waals surface area contributed by atoms with Crippen molar-refractivity contribution in [1.29, 1.82) is 0 Å². The van der Waals surface area contributed by atoms with E-state index < -0.39 is 0 Å². The van der Waals surface area contributed by atoms with Gasteiger partial charge in [-0.25, -0.2) is 0 Å². The van der Waals surface area contributed by atoms with E-state index in [2.05, 4.69) is 19.2 Å². The Morgan fingerprint density at radius 3 is 2.44 bits per heavy atom. The first-order valence-electron chi connectivity index (χ1n) is 3.72. The lowest BCUT2D eigenvalue weighted by Gasteiger charge is -2.09. The van der Waals surface area contributed by atoms with Gasteiger partial charge in [0.05, 0.1) is 0 Å². The summed E-state index contributed by atoms with van der Waals surface area (Å²) < 4.78 is 0. The highest BCUT2D eigenvalue weighted by molar-refractivity contribution is 4.50. The van der Waals surface area contributed by atoms with Crippen molar-refractivity contribution in [1.82, 2.24) is 5.32 Å². The normalized spacial score (nSPS) is 13.7. The van der Waals surface area contributed by atoms with Crippen LogP contribution in [-0.2, 0) is 0 Å². The highest BCUT2D eigenvalue weighted by atomic mass is 16.3. The second-order valence-corrected chi connectivity index (χ2v) is 2.26. The molecule has 2 nitrogen and oxygen atoms in total. The lowest BCUT2D eigenvalue weighted by atomic mass is 10.3. The van der Waals surface area contributed by atoms with Crippen molar-refractivity contribution >= 4 is 0 Å². The van der Waals surface area contributed by atoms with Crippen LogP contribution in [0.4, 0.5) is 0 Å². The zero-order chi connectivity index (χ0) is 7.11. The molecular weight excluding hydrogens is 114 g/mol. The van der Waals surface area contributed by atoms with Crippen LogP contribution < -0.4 is 5.32 Å². The Labute approximate surface area is 57.3 Å². The molecule has 2 N–H and O–H groups in total. The number of hydrogen-bond donors (Lipinski definition) is 2. The summed E-state index contributed by atoms with van der Waals surface area (Å²) in [5.74, 6) is 0. The maximum Gasteiger partial charge on any atom is 0.104 e. The van der Waals surface area contributed by atoms with E-state index in [1.165, 1.54) is 0 Å². The van der Waals surface area contributed by atoms with Crippen molar-refractivity contribution < 1.29 is 5.11 Å². The van der Waals surface area contributed by atoms with E-state index in [0.717, 1.165) is 25.8 Å². The standard InChI is InChI=1S/C7H17NO/c1-3-5-7(9)8-6-4-2/h7-9H,3-6H2,1-2H3. The van der Waals surface area contributed by atoms with Gasteiger partial charge in [-0.3, -0.25) is 5.32 Å². The summed E-state index contributed by atoms with van der Waals surface area (Å²) in [5.41, 5.74) is 0. The maximum atomic E-state index is 9.07. The molecule has 0 aliphatic heterocycles. The summed E-state index contributed by atoms with van der Waals surface area (Å²) in [6.45, 7) is 5.07. The predicted molar refractivity (Wildman–Crippen MR) is 39.2 cm³/mol. The minimum Gasteiger partial charge on any atom is -0.379 e. The van der Waals surface area contributed by atoms with Crippen LogP contribution in [0.15, 0.2) is 0 Å². The van der Waals surface area contributed by atoms with Gasteiger partial charge in [0.1, 0.15) is 6.23 Å². The van der Waals surface area contributed by atoms with Crippen molar-refractivity contribution in [3.8, 4) is 0 Å². The molecular formula is C7H17NO. The van der Waals surface area contributed by atoms with Crippen LogP contribution >= 0.6 is 0 Å². The minimum atomic E-state index is -0.282. The molecule has 0 heterocycles. The van der Waals surface area contributed by atoms with Crippen LogP contribution in [-0.4, -0.2) is 17.9 Å². The Morgan fingerprint density at radius 2 is 2.00 bits per heavy atom. The Kier molecular flexibility index (Phi) is 5.99.